The molecule has 1 fully saturated rings. The zero-order valence-corrected chi connectivity index (χ0v) is 14.4. The maximum Gasteiger partial charge on any atom is 0.0140 e. The van der Waals surface area contributed by atoms with Gasteiger partial charge < -0.3 is 21.3 Å². The molecule has 0 bridgehead atoms. The maximum atomic E-state index is 3.67. The number of rotatable bonds is 0. The van der Waals surface area contributed by atoms with E-state index in [4.69, 9.17) is 0 Å². The van der Waals surface area contributed by atoms with E-state index >= 15 is 0 Å². The lowest BCUT2D eigenvalue weighted by atomic mass is 9.94. The van der Waals surface area contributed by atoms with Crippen LogP contribution in [0.4, 0.5) is 0 Å². The summed E-state index contributed by atoms with van der Waals surface area (Å²) in [4.78, 5) is 0. The van der Waals surface area contributed by atoms with Crippen LogP contribution in [0, 0.1) is 0 Å². The van der Waals surface area contributed by atoms with E-state index in [-0.39, 0.29) is 11.1 Å². The lowest BCUT2D eigenvalue weighted by Crippen LogP contribution is -2.51. The minimum absolute atomic E-state index is 0.189. The summed E-state index contributed by atoms with van der Waals surface area (Å²) >= 11 is 0. The largest absolute Gasteiger partial charge is 0.313 e. The van der Waals surface area contributed by atoms with Crippen molar-refractivity contribution in [1.82, 2.24) is 21.3 Å². The first-order valence-electron chi connectivity index (χ1n) is 8.17. The van der Waals surface area contributed by atoms with Gasteiger partial charge in [0.1, 0.15) is 0 Å². The summed E-state index contributed by atoms with van der Waals surface area (Å²) in [5.41, 5.74) is 0.377. The monoisotopic (exact) mass is 284 g/mol. The molecule has 0 aromatic carbocycles. The molecule has 120 valence electrons. The summed E-state index contributed by atoms with van der Waals surface area (Å²) in [7, 11) is 0. The van der Waals surface area contributed by atoms with Gasteiger partial charge in [-0.2, -0.15) is 0 Å². The predicted molar refractivity (Wildman–Crippen MR) is 88.3 cm³/mol. The summed E-state index contributed by atoms with van der Waals surface area (Å²) in [6.45, 7) is 17.8. The highest BCUT2D eigenvalue weighted by molar-refractivity contribution is 4.86. The molecule has 0 amide bonds. The highest BCUT2D eigenvalue weighted by atomic mass is 15.1. The van der Waals surface area contributed by atoms with Gasteiger partial charge in [0.05, 0.1) is 0 Å². The Morgan fingerprint density at radius 1 is 0.650 bits per heavy atom. The van der Waals surface area contributed by atoms with Crippen LogP contribution in [0.15, 0.2) is 0 Å². The van der Waals surface area contributed by atoms with Crippen molar-refractivity contribution in [2.45, 2.75) is 77.5 Å². The first-order chi connectivity index (χ1) is 9.20. The van der Waals surface area contributed by atoms with E-state index in [1.54, 1.807) is 0 Å². The summed E-state index contributed by atoms with van der Waals surface area (Å²) in [5.74, 6) is 0. The van der Waals surface area contributed by atoms with Gasteiger partial charge >= 0.3 is 0 Å². The fourth-order valence-electron chi connectivity index (χ4n) is 3.26. The van der Waals surface area contributed by atoms with Crippen molar-refractivity contribution < 1.29 is 0 Å². The van der Waals surface area contributed by atoms with Gasteiger partial charge in [-0.1, -0.05) is 0 Å². The van der Waals surface area contributed by atoms with Crippen molar-refractivity contribution in [1.29, 1.82) is 0 Å². The normalized spacial score (nSPS) is 33.3. The van der Waals surface area contributed by atoms with Crippen LogP contribution in [-0.4, -0.2) is 49.3 Å². The van der Waals surface area contributed by atoms with Crippen LogP contribution < -0.4 is 21.3 Å². The van der Waals surface area contributed by atoms with Crippen molar-refractivity contribution in [3.63, 3.8) is 0 Å². The van der Waals surface area contributed by atoms with Crippen LogP contribution in [0.25, 0.3) is 0 Å². The first kappa shape index (κ1) is 17.9. The third-order valence-electron chi connectivity index (χ3n) is 4.08. The number of hydrogen-bond acceptors (Lipinski definition) is 4. The molecule has 2 atom stereocenters. The van der Waals surface area contributed by atoms with Crippen molar-refractivity contribution in [3.8, 4) is 0 Å². The third-order valence-corrected chi connectivity index (χ3v) is 4.08. The maximum absolute atomic E-state index is 3.67. The van der Waals surface area contributed by atoms with Gasteiger partial charge in [0.15, 0.2) is 0 Å². The average molecular weight is 284 g/mol. The lowest BCUT2D eigenvalue weighted by Gasteiger charge is -2.33. The summed E-state index contributed by atoms with van der Waals surface area (Å²) in [5, 5.41) is 14.6. The topological polar surface area (TPSA) is 48.1 Å². The third kappa shape index (κ3) is 7.58. The van der Waals surface area contributed by atoms with Crippen molar-refractivity contribution >= 4 is 0 Å². The molecule has 4 N–H and O–H groups in total. The van der Waals surface area contributed by atoms with Crippen LogP contribution in [-0.2, 0) is 0 Å². The SMILES string of the molecule is C[C@@H]1CC(C)(C)NCCN[C@H](C)CC(C)(C)NCCN1. The second kappa shape index (κ2) is 7.74. The molecule has 1 heterocycles. The second-order valence-electron chi connectivity index (χ2n) is 7.74. The first-order valence-corrected chi connectivity index (χ1v) is 8.17. The molecule has 0 aliphatic carbocycles. The molecule has 0 unspecified atom stereocenters. The predicted octanol–water partition coefficient (Wildman–Crippen LogP) is 1.47. The summed E-state index contributed by atoms with van der Waals surface area (Å²) < 4.78 is 0. The average Bonchev–Trinajstić information content (AvgIpc) is 2.28. The van der Waals surface area contributed by atoms with E-state index in [2.05, 4.69) is 62.8 Å². The van der Waals surface area contributed by atoms with E-state index in [1.807, 2.05) is 0 Å². The van der Waals surface area contributed by atoms with Crippen molar-refractivity contribution in [3.05, 3.63) is 0 Å². The van der Waals surface area contributed by atoms with Gasteiger partial charge in [-0.25, -0.2) is 0 Å². The summed E-state index contributed by atoms with van der Waals surface area (Å²) in [6, 6.07) is 1.08. The fourth-order valence-corrected chi connectivity index (χ4v) is 3.26. The smallest absolute Gasteiger partial charge is 0.0140 e. The molecule has 1 aliphatic rings. The van der Waals surface area contributed by atoms with E-state index in [9.17, 15) is 0 Å². The molecule has 4 nitrogen and oxygen atoms in total. The highest BCUT2D eigenvalue weighted by Crippen LogP contribution is 2.13. The Morgan fingerprint density at radius 3 is 1.35 bits per heavy atom. The quantitative estimate of drug-likeness (QED) is 0.544. The molecule has 1 aliphatic heterocycles. The standard InChI is InChI=1S/C16H36N4/c1-13-11-15(3,4)19-10-8-18-14(2)12-16(5,6)20-9-7-17-13/h13-14,17-20H,7-12H2,1-6H3/t13-,14-/m1/s1. The van der Waals surface area contributed by atoms with Crippen molar-refractivity contribution in [2.24, 2.45) is 0 Å². The molecular weight excluding hydrogens is 248 g/mol. The van der Waals surface area contributed by atoms with Crippen LogP contribution in [0.5, 0.6) is 0 Å². The Hall–Kier alpha value is -0.160. The number of nitrogens with one attached hydrogen (secondary N) is 4. The Labute approximate surface area is 125 Å². The van der Waals surface area contributed by atoms with E-state index < -0.39 is 0 Å². The molecule has 0 saturated carbocycles. The molecule has 20 heavy (non-hydrogen) atoms. The van der Waals surface area contributed by atoms with Gasteiger partial charge in [0, 0.05) is 49.3 Å². The minimum Gasteiger partial charge on any atom is -0.313 e. The zero-order chi connectivity index (χ0) is 15.2. The van der Waals surface area contributed by atoms with Gasteiger partial charge in [-0.05, 0) is 54.4 Å². The van der Waals surface area contributed by atoms with Crippen LogP contribution in [0.1, 0.15) is 54.4 Å². The van der Waals surface area contributed by atoms with Gasteiger partial charge in [-0.15, -0.1) is 0 Å². The van der Waals surface area contributed by atoms with Crippen LogP contribution >= 0.6 is 0 Å². The molecule has 0 spiro atoms. The molecule has 4 heteroatoms. The molecule has 0 aromatic heterocycles. The van der Waals surface area contributed by atoms with Gasteiger partial charge in [0.25, 0.3) is 0 Å². The van der Waals surface area contributed by atoms with E-state index in [1.165, 1.54) is 0 Å². The summed E-state index contributed by atoms with van der Waals surface area (Å²) in [6.07, 6.45) is 2.29. The van der Waals surface area contributed by atoms with Gasteiger partial charge in [0.2, 0.25) is 0 Å². The van der Waals surface area contributed by atoms with Crippen molar-refractivity contribution in [2.75, 3.05) is 26.2 Å². The lowest BCUT2D eigenvalue weighted by molar-refractivity contribution is 0.284. The van der Waals surface area contributed by atoms with Crippen LogP contribution in [0.3, 0.4) is 0 Å². The number of hydrogen-bond donors (Lipinski definition) is 4. The zero-order valence-electron chi connectivity index (χ0n) is 14.4. The second-order valence-corrected chi connectivity index (χ2v) is 7.74. The van der Waals surface area contributed by atoms with E-state index in [0.29, 0.717) is 12.1 Å². The van der Waals surface area contributed by atoms with E-state index in [0.717, 1.165) is 39.0 Å². The van der Waals surface area contributed by atoms with Gasteiger partial charge in [-0.3, -0.25) is 0 Å². The Morgan fingerprint density at radius 2 is 1.00 bits per heavy atom. The molecular formula is C16H36N4. The molecule has 1 saturated heterocycles. The fraction of sp³-hybridized carbons (Fsp3) is 1.00. The van der Waals surface area contributed by atoms with Crippen LogP contribution in [0.2, 0.25) is 0 Å². The minimum atomic E-state index is 0.189. The molecule has 1 rings (SSSR count). The highest BCUT2D eigenvalue weighted by Gasteiger charge is 2.22. The molecule has 0 radical (unpaired) electrons. The Bertz CT molecular complexity index is 248. The Kier molecular flexibility index (Phi) is 6.92. The molecule has 0 aromatic rings. The Balaban J connectivity index is 2.55.